The molecule has 0 bridgehead atoms. The van der Waals surface area contributed by atoms with E-state index in [2.05, 4.69) is 60.2 Å². The topological polar surface area (TPSA) is 25.8 Å². The van der Waals surface area contributed by atoms with Crippen molar-refractivity contribution < 1.29 is 0 Å². The predicted octanol–water partition coefficient (Wildman–Crippen LogP) is 5.09. The third-order valence-electron chi connectivity index (χ3n) is 3.80. The SMILES string of the molecule is Cc1cccc2cnccc12.Cc1cccc2cnccc12. The maximum Gasteiger partial charge on any atom is 0.0346 e. The molecule has 0 saturated carbocycles. The van der Waals surface area contributed by atoms with E-state index < -0.39 is 0 Å². The van der Waals surface area contributed by atoms with Crippen LogP contribution in [-0.2, 0) is 0 Å². The van der Waals surface area contributed by atoms with Crippen LogP contribution in [0.3, 0.4) is 0 Å². The third-order valence-corrected chi connectivity index (χ3v) is 3.80. The maximum atomic E-state index is 4.05. The minimum Gasteiger partial charge on any atom is -0.264 e. The van der Waals surface area contributed by atoms with Crippen molar-refractivity contribution in [2.45, 2.75) is 13.8 Å². The average molecular weight is 286 g/mol. The van der Waals surface area contributed by atoms with E-state index in [0.29, 0.717) is 0 Å². The van der Waals surface area contributed by atoms with Crippen molar-refractivity contribution in [2.75, 3.05) is 0 Å². The van der Waals surface area contributed by atoms with E-state index in [1.54, 1.807) is 0 Å². The van der Waals surface area contributed by atoms with Crippen LogP contribution in [0.2, 0.25) is 0 Å². The van der Waals surface area contributed by atoms with Crippen molar-refractivity contribution in [3.63, 3.8) is 0 Å². The highest BCUT2D eigenvalue weighted by molar-refractivity contribution is 5.85. The van der Waals surface area contributed by atoms with Gasteiger partial charge in [0.2, 0.25) is 0 Å². The zero-order valence-electron chi connectivity index (χ0n) is 12.8. The van der Waals surface area contributed by atoms with Gasteiger partial charge in [0, 0.05) is 35.6 Å². The predicted molar refractivity (Wildman–Crippen MR) is 93.0 cm³/mol. The number of nitrogens with zero attached hydrogens (tertiary/aromatic N) is 2. The van der Waals surface area contributed by atoms with Gasteiger partial charge in [-0.25, -0.2) is 0 Å². The van der Waals surface area contributed by atoms with Crippen molar-refractivity contribution in [3.05, 3.63) is 84.4 Å². The van der Waals surface area contributed by atoms with Gasteiger partial charge in [-0.15, -0.1) is 0 Å². The molecule has 2 aromatic heterocycles. The lowest BCUT2D eigenvalue weighted by Gasteiger charge is -1.98. The molecule has 0 fully saturated rings. The number of aromatic nitrogens is 2. The number of aryl methyl sites for hydroxylation is 2. The molecule has 2 aromatic carbocycles. The Bertz CT molecular complexity index is 825. The van der Waals surface area contributed by atoms with Gasteiger partial charge in [-0.1, -0.05) is 36.4 Å². The molecule has 0 unspecified atom stereocenters. The van der Waals surface area contributed by atoms with Crippen molar-refractivity contribution >= 4 is 21.5 Å². The van der Waals surface area contributed by atoms with Crippen LogP contribution in [0.1, 0.15) is 11.1 Å². The van der Waals surface area contributed by atoms with Gasteiger partial charge in [0.25, 0.3) is 0 Å². The van der Waals surface area contributed by atoms with Gasteiger partial charge in [0.05, 0.1) is 0 Å². The molecule has 2 nitrogen and oxygen atoms in total. The maximum absolute atomic E-state index is 4.05. The Hall–Kier alpha value is -2.74. The van der Waals surface area contributed by atoms with E-state index >= 15 is 0 Å². The smallest absolute Gasteiger partial charge is 0.0346 e. The summed E-state index contributed by atoms with van der Waals surface area (Å²) >= 11 is 0. The molecule has 0 radical (unpaired) electrons. The molecule has 0 amide bonds. The monoisotopic (exact) mass is 286 g/mol. The van der Waals surface area contributed by atoms with Crippen LogP contribution in [0.15, 0.2) is 73.3 Å². The zero-order valence-corrected chi connectivity index (χ0v) is 12.8. The van der Waals surface area contributed by atoms with Gasteiger partial charge in [-0.3, -0.25) is 9.97 Å². The molecule has 22 heavy (non-hydrogen) atoms. The lowest BCUT2D eigenvalue weighted by atomic mass is 10.1. The second-order valence-corrected chi connectivity index (χ2v) is 5.34. The Morgan fingerprint density at radius 3 is 1.45 bits per heavy atom. The van der Waals surface area contributed by atoms with Crippen LogP contribution in [0.4, 0.5) is 0 Å². The van der Waals surface area contributed by atoms with Crippen molar-refractivity contribution in [2.24, 2.45) is 0 Å². The molecular weight excluding hydrogens is 268 g/mol. The number of fused-ring (bicyclic) bond motifs is 2. The molecule has 4 aromatic rings. The van der Waals surface area contributed by atoms with Crippen LogP contribution < -0.4 is 0 Å². The molecule has 0 aliphatic rings. The van der Waals surface area contributed by atoms with Crippen molar-refractivity contribution in [1.29, 1.82) is 0 Å². The van der Waals surface area contributed by atoms with E-state index in [4.69, 9.17) is 0 Å². The van der Waals surface area contributed by atoms with E-state index in [1.807, 2.05) is 36.9 Å². The summed E-state index contributed by atoms with van der Waals surface area (Å²) in [4.78, 5) is 8.11. The molecule has 0 spiro atoms. The summed E-state index contributed by atoms with van der Waals surface area (Å²) in [6.07, 6.45) is 7.44. The van der Waals surface area contributed by atoms with Crippen molar-refractivity contribution in [3.8, 4) is 0 Å². The molecule has 0 aliphatic carbocycles. The summed E-state index contributed by atoms with van der Waals surface area (Å²) in [7, 11) is 0. The fourth-order valence-electron chi connectivity index (χ4n) is 2.57. The van der Waals surface area contributed by atoms with Gasteiger partial charge >= 0.3 is 0 Å². The van der Waals surface area contributed by atoms with Crippen LogP contribution >= 0.6 is 0 Å². The fourth-order valence-corrected chi connectivity index (χ4v) is 2.57. The molecule has 4 rings (SSSR count). The quantitative estimate of drug-likeness (QED) is 0.450. The first-order valence-electron chi connectivity index (χ1n) is 7.34. The van der Waals surface area contributed by atoms with Crippen molar-refractivity contribution in [1.82, 2.24) is 9.97 Å². The normalized spacial score (nSPS) is 10.3. The largest absolute Gasteiger partial charge is 0.264 e. The second kappa shape index (κ2) is 6.35. The summed E-state index contributed by atoms with van der Waals surface area (Å²) in [5, 5.41) is 5.02. The summed E-state index contributed by atoms with van der Waals surface area (Å²) in [6.45, 7) is 4.23. The minimum atomic E-state index is 1.22. The number of hydrogen-bond acceptors (Lipinski definition) is 2. The average Bonchev–Trinajstić information content (AvgIpc) is 2.57. The second-order valence-electron chi connectivity index (χ2n) is 5.34. The molecule has 108 valence electrons. The first kappa shape index (κ1) is 14.2. The summed E-state index contributed by atoms with van der Waals surface area (Å²) < 4.78 is 0. The molecule has 0 aliphatic heterocycles. The summed E-state index contributed by atoms with van der Waals surface area (Å²) in [5.41, 5.74) is 2.62. The highest BCUT2D eigenvalue weighted by Gasteiger charge is 1.93. The van der Waals surface area contributed by atoms with E-state index in [1.165, 1.54) is 32.7 Å². The van der Waals surface area contributed by atoms with Crippen LogP contribution in [0.25, 0.3) is 21.5 Å². The Balaban J connectivity index is 0.000000131. The number of pyridine rings is 2. The van der Waals surface area contributed by atoms with Crippen LogP contribution in [0, 0.1) is 13.8 Å². The lowest BCUT2D eigenvalue weighted by molar-refractivity contribution is 1.36. The van der Waals surface area contributed by atoms with E-state index in [9.17, 15) is 0 Å². The number of rotatable bonds is 0. The van der Waals surface area contributed by atoms with Gasteiger partial charge < -0.3 is 0 Å². The van der Waals surface area contributed by atoms with Crippen LogP contribution in [-0.4, -0.2) is 9.97 Å². The van der Waals surface area contributed by atoms with E-state index in [-0.39, 0.29) is 0 Å². The summed E-state index contributed by atoms with van der Waals surface area (Å²) in [6, 6.07) is 16.6. The van der Waals surface area contributed by atoms with Gasteiger partial charge in [-0.2, -0.15) is 0 Å². The Morgan fingerprint density at radius 1 is 0.591 bits per heavy atom. The highest BCUT2D eigenvalue weighted by atomic mass is 14.6. The standard InChI is InChI=1S/2C10H9N/c2*1-8-3-2-4-9-7-11-6-5-10(8)9/h2*2-7H,1H3. The summed E-state index contributed by atoms with van der Waals surface area (Å²) in [5.74, 6) is 0. The fraction of sp³-hybridized carbons (Fsp3) is 0.100. The molecule has 0 saturated heterocycles. The molecule has 0 atom stereocenters. The lowest BCUT2D eigenvalue weighted by Crippen LogP contribution is -1.77. The molecular formula is C20H18N2. The Morgan fingerprint density at radius 2 is 1.05 bits per heavy atom. The third kappa shape index (κ3) is 2.96. The first-order valence-corrected chi connectivity index (χ1v) is 7.34. The minimum absolute atomic E-state index is 1.22. The molecule has 2 heteroatoms. The number of benzene rings is 2. The van der Waals surface area contributed by atoms with Gasteiger partial charge in [0.1, 0.15) is 0 Å². The highest BCUT2D eigenvalue weighted by Crippen LogP contribution is 2.16. The Kier molecular flexibility index (Phi) is 4.10. The van der Waals surface area contributed by atoms with E-state index in [0.717, 1.165) is 0 Å². The number of hydrogen-bond donors (Lipinski definition) is 0. The molecule has 0 N–H and O–H groups in total. The first-order chi connectivity index (χ1) is 10.8. The molecule has 2 heterocycles. The van der Waals surface area contributed by atoms with Gasteiger partial charge in [0.15, 0.2) is 0 Å². The van der Waals surface area contributed by atoms with Gasteiger partial charge in [-0.05, 0) is 47.9 Å². The van der Waals surface area contributed by atoms with Crippen LogP contribution in [0.5, 0.6) is 0 Å². The Labute approximate surface area is 130 Å². The zero-order chi connectivity index (χ0) is 15.4.